The zero-order valence-electron chi connectivity index (χ0n) is 23.8. The second-order valence-electron chi connectivity index (χ2n) is 13.1. The molecule has 214 valence electrons. The van der Waals surface area contributed by atoms with Crippen molar-refractivity contribution in [2.75, 3.05) is 30.4 Å². The van der Waals surface area contributed by atoms with E-state index in [-0.39, 0.29) is 12.1 Å². The molecule has 1 heterocycles. The lowest BCUT2D eigenvalue weighted by Gasteiger charge is -2.61. The van der Waals surface area contributed by atoms with Gasteiger partial charge in [-0.15, -0.1) is 0 Å². The van der Waals surface area contributed by atoms with Crippen LogP contribution < -0.4 is 21.3 Å². The molecule has 7 rings (SSSR count). The van der Waals surface area contributed by atoms with Gasteiger partial charge in [0, 0.05) is 37.8 Å². The molecule has 40 heavy (non-hydrogen) atoms. The van der Waals surface area contributed by atoms with Gasteiger partial charge in [-0.05, 0) is 99.0 Å². The van der Waals surface area contributed by atoms with Crippen LogP contribution in [0.15, 0.2) is 30.5 Å². The average molecular weight is 546 g/mol. The summed E-state index contributed by atoms with van der Waals surface area (Å²) in [4.78, 5) is 9.13. The molecular formula is C32H44FN7. The Labute approximate surface area is 238 Å². The van der Waals surface area contributed by atoms with E-state index in [0.717, 1.165) is 37.1 Å². The number of nitriles is 1. The van der Waals surface area contributed by atoms with Crippen LogP contribution in [0.5, 0.6) is 0 Å². The van der Waals surface area contributed by atoms with Gasteiger partial charge >= 0.3 is 0 Å². The monoisotopic (exact) mass is 545 g/mol. The number of nitrogens with one attached hydrogen (secondary N) is 4. The highest BCUT2D eigenvalue weighted by Gasteiger charge is 2.55. The van der Waals surface area contributed by atoms with Crippen molar-refractivity contribution in [2.24, 2.45) is 23.2 Å². The number of rotatable bonds is 11. The second-order valence-corrected chi connectivity index (χ2v) is 13.1. The van der Waals surface area contributed by atoms with Crippen molar-refractivity contribution in [3.8, 4) is 6.07 Å². The SMILES string of the molecule is Cc1ccccc1CNc1ncc(C#N)c(NCC23CC4C[C@H](C2)C(NC2CCC(NCCF)CC2)[C@@H](C4)C3)n1. The number of alkyl halides is 1. The fourth-order valence-corrected chi connectivity index (χ4v) is 8.61. The molecule has 1 aromatic carbocycles. The maximum Gasteiger partial charge on any atom is 0.224 e. The molecule has 8 heteroatoms. The maximum atomic E-state index is 12.5. The minimum Gasteiger partial charge on any atom is -0.368 e. The number of aryl methyl sites for hydroxylation is 1. The maximum absolute atomic E-state index is 12.5. The normalized spacial score (nSPS) is 32.5. The summed E-state index contributed by atoms with van der Waals surface area (Å²) < 4.78 is 12.5. The number of aromatic nitrogens is 2. The zero-order valence-corrected chi connectivity index (χ0v) is 23.8. The molecule has 5 aliphatic carbocycles. The van der Waals surface area contributed by atoms with Gasteiger partial charge in [-0.2, -0.15) is 10.2 Å². The first kappa shape index (κ1) is 27.4. The van der Waals surface area contributed by atoms with Crippen LogP contribution in [-0.4, -0.2) is 47.9 Å². The number of halogens is 1. The molecule has 0 radical (unpaired) electrons. The highest BCUT2D eigenvalue weighted by Crippen LogP contribution is 2.60. The van der Waals surface area contributed by atoms with E-state index < -0.39 is 0 Å². The molecule has 7 nitrogen and oxygen atoms in total. The van der Waals surface area contributed by atoms with Crippen LogP contribution >= 0.6 is 0 Å². The molecule has 5 atom stereocenters. The minimum absolute atomic E-state index is 0.275. The van der Waals surface area contributed by atoms with Crippen LogP contribution in [0.2, 0.25) is 0 Å². The van der Waals surface area contributed by atoms with Crippen molar-refractivity contribution >= 4 is 11.8 Å². The molecule has 4 N–H and O–H groups in total. The lowest BCUT2D eigenvalue weighted by molar-refractivity contribution is -0.0730. The predicted molar refractivity (Wildman–Crippen MR) is 157 cm³/mol. The fourth-order valence-electron chi connectivity index (χ4n) is 8.61. The zero-order chi connectivity index (χ0) is 27.5. The van der Waals surface area contributed by atoms with Gasteiger partial charge in [-0.1, -0.05) is 24.3 Å². The Morgan fingerprint density at radius 2 is 1.77 bits per heavy atom. The molecule has 0 amide bonds. The van der Waals surface area contributed by atoms with Gasteiger partial charge < -0.3 is 21.3 Å². The predicted octanol–water partition coefficient (Wildman–Crippen LogP) is 5.34. The van der Waals surface area contributed by atoms with E-state index in [9.17, 15) is 9.65 Å². The number of benzene rings is 1. The molecule has 3 unspecified atom stereocenters. The van der Waals surface area contributed by atoms with Crippen LogP contribution in [0.4, 0.5) is 16.2 Å². The van der Waals surface area contributed by atoms with E-state index in [1.807, 2.05) is 12.1 Å². The molecule has 5 aliphatic rings. The smallest absolute Gasteiger partial charge is 0.224 e. The molecule has 5 fully saturated rings. The number of hydrogen-bond donors (Lipinski definition) is 4. The standard InChI is InChI=1S/C32H44FN7/c1-21-4-2-3-5-23(21)18-36-31-37-19-26(17-34)30(40-31)38-20-32-14-22-12-24(15-32)29(25(13-22)16-32)39-28-8-6-27(7-9-28)35-11-10-33/h2-5,19,22,24-25,27-29,35,39H,6-16,18,20H2,1H3,(H2,36,37,38,40)/t22?,24-,25+,27?,28?,29?,32?. The van der Waals surface area contributed by atoms with Crippen LogP contribution in [0.1, 0.15) is 74.5 Å². The summed E-state index contributed by atoms with van der Waals surface area (Å²) in [6.07, 6.45) is 12.8. The highest BCUT2D eigenvalue weighted by molar-refractivity contribution is 5.53. The second kappa shape index (κ2) is 12.0. The van der Waals surface area contributed by atoms with Gasteiger partial charge in [0.25, 0.3) is 0 Å². The Balaban J connectivity index is 1.06. The third-order valence-corrected chi connectivity index (χ3v) is 10.3. The average Bonchev–Trinajstić information content (AvgIpc) is 2.97. The first-order valence-corrected chi connectivity index (χ1v) is 15.4. The summed E-state index contributed by atoms with van der Waals surface area (Å²) in [7, 11) is 0. The quantitative estimate of drug-likeness (QED) is 0.303. The highest BCUT2D eigenvalue weighted by atomic mass is 19.1. The molecule has 0 aliphatic heterocycles. The van der Waals surface area contributed by atoms with Crippen LogP contribution in [0.3, 0.4) is 0 Å². The van der Waals surface area contributed by atoms with Gasteiger partial charge in [-0.3, -0.25) is 0 Å². The number of nitrogens with zero attached hydrogens (tertiary/aromatic N) is 3. The third-order valence-electron chi connectivity index (χ3n) is 10.3. The van der Waals surface area contributed by atoms with E-state index in [1.165, 1.54) is 56.1 Å². The van der Waals surface area contributed by atoms with E-state index in [2.05, 4.69) is 51.4 Å². The lowest BCUT2D eigenvalue weighted by atomic mass is 9.47. The fraction of sp³-hybridized carbons (Fsp3) is 0.656. The lowest BCUT2D eigenvalue weighted by Crippen LogP contribution is -2.61. The van der Waals surface area contributed by atoms with Crippen LogP contribution in [-0.2, 0) is 6.54 Å². The van der Waals surface area contributed by atoms with Crippen LogP contribution in [0.25, 0.3) is 0 Å². The Hall–Kier alpha value is -2.76. The van der Waals surface area contributed by atoms with E-state index in [4.69, 9.17) is 4.98 Å². The molecule has 4 bridgehead atoms. The first-order chi connectivity index (χ1) is 19.5. The number of hydrogen-bond acceptors (Lipinski definition) is 7. The molecule has 0 spiro atoms. The Kier molecular flexibility index (Phi) is 8.22. The first-order valence-electron chi connectivity index (χ1n) is 15.4. The summed E-state index contributed by atoms with van der Waals surface area (Å²) in [5.74, 6) is 3.50. The van der Waals surface area contributed by atoms with Gasteiger partial charge in [0.05, 0.1) is 6.20 Å². The summed E-state index contributed by atoms with van der Waals surface area (Å²) in [6, 6.07) is 12.3. The van der Waals surface area contributed by atoms with Crippen LogP contribution in [0, 0.1) is 41.4 Å². The van der Waals surface area contributed by atoms with Gasteiger partial charge in [0.15, 0.2) is 0 Å². The number of anilines is 2. The van der Waals surface area contributed by atoms with Gasteiger partial charge in [0.1, 0.15) is 24.1 Å². The molecule has 5 saturated carbocycles. The summed E-state index contributed by atoms with van der Waals surface area (Å²) in [5, 5.41) is 24.2. The van der Waals surface area contributed by atoms with Crippen molar-refractivity contribution in [2.45, 2.75) is 89.4 Å². The molecule has 2 aromatic rings. The van der Waals surface area contributed by atoms with Crippen molar-refractivity contribution in [3.63, 3.8) is 0 Å². The van der Waals surface area contributed by atoms with Crippen molar-refractivity contribution in [3.05, 3.63) is 47.2 Å². The van der Waals surface area contributed by atoms with Crippen molar-refractivity contribution in [1.82, 2.24) is 20.6 Å². The molecular weight excluding hydrogens is 501 g/mol. The van der Waals surface area contributed by atoms with Gasteiger partial charge in [0.2, 0.25) is 5.95 Å². The largest absolute Gasteiger partial charge is 0.368 e. The summed E-state index contributed by atoms with van der Waals surface area (Å²) in [6.45, 7) is 3.84. The van der Waals surface area contributed by atoms with E-state index in [1.54, 1.807) is 6.20 Å². The summed E-state index contributed by atoms with van der Waals surface area (Å²) >= 11 is 0. The Bertz CT molecular complexity index is 1190. The van der Waals surface area contributed by atoms with Gasteiger partial charge in [-0.25, -0.2) is 9.37 Å². The summed E-state index contributed by atoms with van der Waals surface area (Å²) in [5.41, 5.74) is 3.23. The minimum atomic E-state index is -0.275. The van der Waals surface area contributed by atoms with E-state index >= 15 is 0 Å². The Morgan fingerprint density at radius 1 is 1.02 bits per heavy atom. The molecule has 0 saturated heterocycles. The molecule has 1 aromatic heterocycles. The Morgan fingerprint density at radius 3 is 2.50 bits per heavy atom. The third kappa shape index (κ3) is 5.96. The van der Waals surface area contributed by atoms with E-state index in [0.29, 0.717) is 48.5 Å². The van der Waals surface area contributed by atoms with Crippen molar-refractivity contribution in [1.29, 1.82) is 5.26 Å². The topological polar surface area (TPSA) is 97.7 Å². The van der Waals surface area contributed by atoms with Crippen molar-refractivity contribution < 1.29 is 4.39 Å².